The molecule has 3 atom stereocenters. The highest BCUT2D eigenvalue weighted by Crippen LogP contribution is 2.30. The maximum atomic E-state index is 6.04. The first kappa shape index (κ1) is 19.2. The van der Waals surface area contributed by atoms with Gasteiger partial charge in [0, 0.05) is 19.1 Å². The summed E-state index contributed by atoms with van der Waals surface area (Å²) in [7, 11) is 0. The molecule has 136 valence electrons. The average Bonchev–Trinajstić information content (AvgIpc) is 3.40. The van der Waals surface area contributed by atoms with E-state index in [1.54, 1.807) is 0 Å². The first-order valence-electron chi connectivity index (χ1n) is 9.47. The highest BCUT2D eigenvalue weighted by molar-refractivity contribution is 4.74. The van der Waals surface area contributed by atoms with Gasteiger partial charge < -0.3 is 18.9 Å². The van der Waals surface area contributed by atoms with E-state index in [1.807, 2.05) is 0 Å². The van der Waals surface area contributed by atoms with Crippen molar-refractivity contribution in [3.8, 4) is 0 Å². The summed E-state index contributed by atoms with van der Waals surface area (Å²) in [6.07, 6.45) is 5.80. The van der Waals surface area contributed by atoms with Crippen molar-refractivity contribution in [1.29, 1.82) is 0 Å². The van der Waals surface area contributed by atoms with Gasteiger partial charge in [0.25, 0.3) is 0 Å². The third kappa shape index (κ3) is 9.04. The number of ether oxygens (including phenoxy) is 4. The molecule has 0 saturated heterocycles. The number of hydrogen-bond donors (Lipinski definition) is 0. The molecule has 0 aliphatic heterocycles. The smallest absolute Gasteiger partial charge is 0.104 e. The van der Waals surface area contributed by atoms with Crippen LogP contribution in [0.15, 0.2) is 0 Å². The van der Waals surface area contributed by atoms with Gasteiger partial charge in [0.05, 0.1) is 32.0 Å². The second-order valence-electron chi connectivity index (χ2n) is 7.78. The van der Waals surface area contributed by atoms with E-state index in [9.17, 15) is 0 Å². The zero-order valence-corrected chi connectivity index (χ0v) is 15.5. The fraction of sp³-hybridized carbons (Fsp3) is 1.00. The standard InChI is InChI=1S/C19H36O4/c1-14(2)21-9-15(3)16(4)22-13-19(23-11-18-7-8-18)12-20-10-17-5-6-17/h14-19H,5-13H2,1-4H3. The summed E-state index contributed by atoms with van der Waals surface area (Å²) < 4.78 is 23.5. The Morgan fingerprint density at radius 1 is 0.739 bits per heavy atom. The largest absolute Gasteiger partial charge is 0.378 e. The molecular formula is C19H36O4. The molecule has 0 aromatic rings. The number of rotatable bonds is 14. The molecule has 2 aliphatic rings. The lowest BCUT2D eigenvalue weighted by molar-refractivity contribution is -0.0935. The van der Waals surface area contributed by atoms with Gasteiger partial charge in [-0.05, 0) is 58.3 Å². The highest BCUT2D eigenvalue weighted by atomic mass is 16.6. The monoisotopic (exact) mass is 328 g/mol. The van der Waals surface area contributed by atoms with Crippen LogP contribution in [0.25, 0.3) is 0 Å². The van der Waals surface area contributed by atoms with Gasteiger partial charge in [0.15, 0.2) is 0 Å². The fourth-order valence-electron chi connectivity index (χ4n) is 2.25. The molecular weight excluding hydrogens is 292 g/mol. The Bertz CT molecular complexity index is 312. The van der Waals surface area contributed by atoms with Crippen LogP contribution in [0.4, 0.5) is 0 Å². The van der Waals surface area contributed by atoms with Crippen LogP contribution in [0.5, 0.6) is 0 Å². The van der Waals surface area contributed by atoms with E-state index in [-0.39, 0.29) is 18.3 Å². The number of hydrogen-bond acceptors (Lipinski definition) is 4. The van der Waals surface area contributed by atoms with Crippen LogP contribution >= 0.6 is 0 Å². The molecule has 4 nitrogen and oxygen atoms in total. The lowest BCUT2D eigenvalue weighted by Gasteiger charge is -2.25. The van der Waals surface area contributed by atoms with Gasteiger partial charge in [0.1, 0.15) is 6.10 Å². The fourth-order valence-corrected chi connectivity index (χ4v) is 2.25. The molecule has 2 rings (SSSR count). The van der Waals surface area contributed by atoms with Crippen LogP contribution in [0.1, 0.15) is 53.4 Å². The van der Waals surface area contributed by atoms with Crippen molar-refractivity contribution >= 4 is 0 Å². The summed E-state index contributed by atoms with van der Waals surface area (Å²) >= 11 is 0. The first-order chi connectivity index (χ1) is 11.0. The van der Waals surface area contributed by atoms with E-state index in [0.717, 1.165) is 31.7 Å². The van der Waals surface area contributed by atoms with Crippen molar-refractivity contribution in [3.63, 3.8) is 0 Å². The van der Waals surface area contributed by atoms with Gasteiger partial charge in [-0.3, -0.25) is 0 Å². The maximum absolute atomic E-state index is 6.04. The minimum Gasteiger partial charge on any atom is -0.378 e. The second kappa shape index (κ2) is 9.97. The Hall–Kier alpha value is -0.160. The molecule has 4 heteroatoms. The third-order valence-corrected chi connectivity index (χ3v) is 4.66. The molecule has 23 heavy (non-hydrogen) atoms. The Balaban J connectivity index is 1.62. The molecule has 0 bridgehead atoms. The molecule has 2 aliphatic carbocycles. The molecule has 0 radical (unpaired) electrons. The molecule has 2 saturated carbocycles. The van der Waals surface area contributed by atoms with Crippen LogP contribution in [0.3, 0.4) is 0 Å². The minimum atomic E-state index is 0.0648. The normalized spacial score (nSPS) is 22.3. The predicted molar refractivity (Wildman–Crippen MR) is 91.7 cm³/mol. The van der Waals surface area contributed by atoms with E-state index >= 15 is 0 Å². The Kier molecular flexibility index (Phi) is 8.31. The van der Waals surface area contributed by atoms with Crippen LogP contribution in [-0.2, 0) is 18.9 Å². The summed E-state index contributed by atoms with van der Waals surface area (Å²) in [5.74, 6) is 1.96. The predicted octanol–water partition coefficient (Wildman–Crippen LogP) is 3.67. The van der Waals surface area contributed by atoms with Gasteiger partial charge in [-0.15, -0.1) is 0 Å². The topological polar surface area (TPSA) is 36.9 Å². The van der Waals surface area contributed by atoms with Crippen molar-refractivity contribution in [2.45, 2.75) is 71.7 Å². The molecule has 0 aromatic heterocycles. The molecule has 0 spiro atoms. The van der Waals surface area contributed by atoms with Crippen molar-refractivity contribution in [3.05, 3.63) is 0 Å². The van der Waals surface area contributed by atoms with E-state index in [1.165, 1.54) is 25.7 Å². The molecule has 0 N–H and O–H groups in total. The Morgan fingerprint density at radius 3 is 2.00 bits per heavy atom. The third-order valence-electron chi connectivity index (χ3n) is 4.66. The van der Waals surface area contributed by atoms with E-state index in [4.69, 9.17) is 18.9 Å². The summed E-state index contributed by atoms with van der Waals surface area (Å²) in [5.41, 5.74) is 0. The van der Waals surface area contributed by atoms with Crippen LogP contribution in [-0.4, -0.2) is 51.3 Å². The second-order valence-corrected chi connectivity index (χ2v) is 7.78. The zero-order valence-electron chi connectivity index (χ0n) is 15.5. The highest BCUT2D eigenvalue weighted by Gasteiger charge is 2.25. The first-order valence-corrected chi connectivity index (χ1v) is 9.47. The van der Waals surface area contributed by atoms with Crippen molar-refractivity contribution in [1.82, 2.24) is 0 Å². The Labute approximate surface area is 142 Å². The van der Waals surface area contributed by atoms with Crippen LogP contribution in [0, 0.1) is 17.8 Å². The van der Waals surface area contributed by atoms with E-state index < -0.39 is 0 Å². The van der Waals surface area contributed by atoms with Crippen molar-refractivity contribution in [2.75, 3.05) is 33.0 Å². The molecule has 0 aromatic carbocycles. The molecule has 0 heterocycles. The quantitative estimate of drug-likeness (QED) is 0.487. The van der Waals surface area contributed by atoms with Crippen molar-refractivity contribution in [2.24, 2.45) is 17.8 Å². The van der Waals surface area contributed by atoms with E-state index in [0.29, 0.717) is 19.1 Å². The van der Waals surface area contributed by atoms with Crippen LogP contribution < -0.4 is 0 Å². The molecule has 3 unspecified atom stereocenters. The van der Waals surface area contributed by atoms with Gasteiger partial charge in [0.2, 0.25) is 0 Å². The summed E-state index contributed by atoms with van der Waals surface area (Å²) in [6.45, 7) is 12.2. The zero-order chi connectivity index (χ0) is 16.7. The minimum absolute atomic E-state index is 0.0648. The Morgan fingerprint density at radius 2 is 1.39 bits per heavy atom. The van der Waals surface area contributed by atoms with Gasteiger partial charge in [-0.1, -0.05) is 6.92 Å². The molecule has 2 fully saturated rings. The average molecular weight is 328 g/mol. The summed E-state index contributed by atoms with van der Waals surface area (Å²) in [5, 5.41) is 0. The van der Waals surface area contributed by atoms with Crippen molar-refractivity contribution < 1.29 is 18.9 Å². The van der Waals surface area contributed by atoms with Gasteiger partial charge in [-0.2, -0.15) is 0 Å². The summed E-state index contributed by atoms with van der Waals surface area (Å²) in [6, 6.07) is 0. The summed E-state index contributed by atoms with van der Waals surface area (Å²) in [4.78, 5) is 0. The SMILES string of the molecule is CC(C)OCC(C)C(C)OCC(COCC1CC1)OCC1CC1. The lowest BCUT2D eigenvalue weighted by atomic mass is 10.1. The maximum Gasteiger partial charge on any atom is 0.104 e. The van der Waals surface area contributed by atoms with E-state index in [2.05, 4.69) is 27.7 Å². The van der Waals surface area contributed by atoms with Gasteiger partial charge in [-0.25, -0.2) is 0 Å². The van der Waals surface area contributed by atoms with Gasteiger partial charge >= 0.3 is 0 Å². The lowest BCUT2D eigenvalue weighted by Crippen LogP contribution is -2.32. The van der Waals surface area contributed by atoms with Crippen LogP contribution in [0.2, 0.25) is 0 Å². The molecule has 0 amide bonds.